The topological polar surface area (TPSA) is 79.4 Å². The van der Waals surface area contributed by atoms with Gasteiger partial charge in [0.2, 0.25) is 0 Å². The Balaban J connectivity index is 1.49. The fourth-order valence-electron chi connectivity index (χ4n) is 3.98. The summed E-state index contributed by atoms with van der Waals surface area (Å²) in [6, 6.07) is 7.90. The average Bonchev–Trinajstić information content (AvgIpc) is 3.24. The first-order chi connectivity index (χ1) is 13.6. The number of halogens is 1. The summed E-state index contributed by atoms with van der Waals surface area (Å²) < 4.78 is 21.6. The van der Waals surface area contributed by atoms with Gasteiger partial charge >= 0.3 is 0 Å². The predicted molar refractivity (Wildman–Crippen MR) is 105 cm³/mol. The first-order valence-corrected chi connectivity index (χ1v) is 9.26. The van der Waals surface area contributed by atoms with Crippen molar-refractivity contribution in [3.8, 4) is 0 Å². The molecule has 3 aromatic heterocycles. The summed E-state index contributed by atoms with van der Waals surface area (Å²) in [6.07, 6.45) is 2.13. The van der Waals surface area contributed by atoms with Crippen LogP contribution < -0.4 is 10.2 Å². The number of aromatic nitrogens is 3. The standard InChI is InChI=1S/C20H20FN5O2/c1-25-17-4-6-26(11-15(17)14-8-12(21)10-23-19(14)25)13-2-3-16-18(9-13)28-20(24-16)22-5-7-27/h2-3,8-10,27H,4-7,11H2,1H3,(H,22,24). The second kappa shape index (κ2) is 6.49. The fraction of sp³-hybridized carbons (Fsp3) is 0.300. The Morgan fingerprint density at radius 3 is 3.07 bits per heavy atom. The van der Waals surface area contributed by atoms with Gasteiger partial charge in [0.05, 0.1) is 12.8 Å². The maximum Gasteiger partial charge on any atom is 0.295 e. The molecule has 0 saturated heterocycles. The van der Waals surface area contributed by atoms with Gasteiger partial charge in [0.25, 0.3) is 6.01 Å². The van der Waals surface area contributed by atoms with Crippen LogP contribution >= 0.6 is 0 Å². The van der Waals surface area contributed by atoms with Crippen LogP contribution in [0, 0.1) is 5.82 Å². The second-order valence-corrected chi connectivity index (χ2v) is 7.00. The van der Waals surface area contributed by atoms with Crippen molar-refractivity contribution in [3.63, 3.8) is 0 Å². The number of anilines is 2. The normalized spacial score (nSPS) is 14.0. The maximum atomic E-state index is 13.8. The summed E-state index contributed by atoms with van der Waals surface area (Å²) in [7, 11) is 1.99. The number of hydrogen-bond acceptors (Lipinski definition) is 6. The van der Waals surface area contributed by atoms with Crippen molar-refractivity contribution < 1.29 is 13.9 Å². The van der Waals surface area contributed by atoms with E-state index in [-0.39, 0.29) is 12.4 Å². The van der Waals surface area contributed by atoms with Crippen molar-refractivity contribution in [2.75, 3.05) is 29.9 Å². The highest BCUT2D eigenvalue weighted by molar-refractivity contribution is 5.84. The number of aliphatic hydroxyl groups is 1. The zero-order chi connectivity index (χ0) is 19.3. The Hall–Kier alpha value is -3.13. The average molecular weight is 381 g/mol. The summed E-state index contributed by atoms with van der Waals surface area (Å²) in [6.45, 7) is 1.95. The third kappa shape index (κ3) is 2.68. The molecule has 1 aromatic carbocycles. The highest BCUT2D eigenvalue weighted by Gasteiger charge is 2.24. The van der Waals surface area contributed by atoms with Crippen LogP contribution in [0.1, 0.15) is 11.3 Å². The van der Waals surface area contributed by atoms with Crippen molar-refractivity contribution in [2.45, 2.75) is 13.0 Å². The monoisotopic (exact) mass is 381 g/mol. The molecule has 28 heavy (non-hydrogen) atoms. The first kappa shape index (κ1) is 17.0. The third-order valence-electron chi connectivity index (χ3n) is 5.32. The third-order valence-corrected chi connectivity index (χ3v) is 5.32. The Labute approximate surface area is 160 Å². The van der Waals surface area contributed by atoms with Crippen LogP contribution in [0.4, 0.5) is 16.1 Å². The highest BCUT2D eigenvalue weighted by Crippen LogP contribution is 2.33. The van der Waals surface area contributed by atoms with E-state index in [2.05, 4.69) is 24.8 Å². The molecule has 0 spiro atoms. The second-order valence-electron chi connectivity index (χ2n) is 7.00. The van der Waals surface area contributed by atoms with Gasteiger partial charge in [0, 0.05) is 61.5 Å². The Bertz CT molecular complexity index is 1180. The van der Waals surface area contributed by atoms with Gasteiger partial charge in [-0.2, -0.15) is 4.98 Å². The van der Waals surface area contributed by atoms with Crippen molar-refractivity contribution in [1.82, 2.24) is 14.5 Å². The molecule has 0 aliphatic carbocycles. The molecule has 0 bridgehead atoms. The summed E-state index contributed by atoms with van der Waals surface area (Å²) in [5.41, 5.74) is 5.63. The van der Waals surface area contributed by atoms with Crippen LogP contribution in [0.15, 0.2) is 34.9 Å². The van der Waals surface area contributed by atoms with Crippen molar-refractivity contribution in [3.05, 3.63) is 47.5 Å². The number of nitrogens with zero attached hydrogens (tertiary/aromatic N) is 4. The van der Waals surface area contributed by atoms with Crippen molar-refractivity contribution in [1.29, 1.82) is 0 Å². The zero-order valence-corrected chi connectivity index (χ0v) is 15.4. The van der Waals surface area contributed by atoms with Gasteiger partial charge in [-0.3, -0.25) is 0 Å². The predicted octanol–water partition coefficient (Wildman–Crippen LogP) is 2.82. The molecule has 0 unspecified atom stereocenters. The number of rotatable bonds is 4. The summed E-state index contributed by atoms with van der Waals surface area (Å²) in [5.74, 6) is -0.316. The molecule has 0 atom stereocenters. The van der Waals surface area contributed by atoms with Gasteiger partial charge in [-0.1, -0.05) is 0 Å². The Kier molecular flexibility index (Phi) is 3.94. The number of benzene rings is 1. The van der Waals surface area contributed by atoms with Crippen LogP contribution in [0.5, 0.6) is 0 Å². The van der Waals surface area contributed by atoms with Crippen LogP contribution in [-0.2, 0) is 20.0 Å². The Morgan fingerprint density at radius 1 is 1.32 bits per heavy atom. The lowest BCUT2D eigenvalue weighted by Crippen LogP contribution is -2.30. The lowest BCUT2D eigenvalue weighted by molar-refractivity contribution is 0.310. The maximum absolute atomic E-state index is 13.8. The van der Waals surface area contributed by atoms with Crippen LogP contribution in [0.2, 0.25) is 0 Å². The number of aryl methyl sites for hydroxylation is 1. The molecule has 0 radical (unpaired) electrons. The van der Waals surface area contributed by atoms with Crippen LogP contribution in [0.25, 0.3) is 22.1 Å². The minimum absolute atomic E-state index is 0.0145. The van der Waals surface area contributed by atoms with E-state index in [4.69, 9.17) is 9.52 Å². The molecule has 2 N–H and O–H groups in total. The minimum atomic E-state index is -0.316. The van der Waals surface area contributed by atoms with E-state index in [1.54, 1.807) is 6.07 Å². The molecule has 144 valence electrons. The van der Waals surface area contributed by atoms with Gasteiger partial charge < -0.3 is 24.3 Å². The Morgan fingerprint density at radius 2 is 2.21 bits per heavy atom. The lowest BCUT2D eigenvalue weighted by atomic mass is 10.0. The van der Waals surface area contributed by atoms with E-state index in [0.717, 1.165) is 40.8 Å². The number of aliphatic hydroxyl groups excluding tert-OH is 1. The molecule has 5 rings (SSSR count). The van der Waals surface area contributed by atoms with E-state index >= 15 is 0 Å². The largest absolute Gasteiger partial charge is 0.423 e. The van der Waals surface area contributed by atoms with E-state index < -0.39 is 0 Å². The number of fused-ring (bicyclic) bond motifs is 4. The molecule has 4 aromatic rings. The van der Waals surface area contributed by atoms with Gasteiger partial charge in [-0.05, 0) is 18.2 Å². The SMILES string of the molecule is Cn1c2c(c3cc(F)cnc31)CN(c1ccc3nc(NCCO)oc3c1)CC2. The molecule has 4 heterocycles. The first-order valence-electron chi connectivity index (χ1n) is 9.26. The molecule has 0 saturated carbocycles. The zero-order valence-electron chi connectivity index (χ0n) is 15.4. The van der Waals surface area contributed by atoms with Gasteiger partial charge in [-0.15, -0.1) is 0 Å². The van der Waals surface area contributed by atoms with Crippen molar-refractivity contribution in [2.24, 2.45) is 7.05 Å². The molecule has 1 aliphatic heterocycles. The fourth-order valence-corrected chi connectivity index (χ4v) is 3.98. The van der Waals surface area contributed by atoms with Gasteiger partial charge in [0.15, 0.2) is 5.58 Å². The highest BCUT2D eigenvalue weighted by atomic mass is 19.1. The van der Waals surface area contributed by atoms with Crippen LogP contribution in [-0.4, -0.2) is 39.3 Å². The molecule has 8 heteroatoms. The van der Waals surface area contributed by atoms with Gasteiger partial charge in [-0.25, -0.2) is 9.37 Å². The molecule has 7 nitrogen and oxygen atoms in total. The summed E-state index contributed by atoms with van der Waals surface area (Å²) in [5, 5.41) is 12.7. The van der Waals surface area contributed by atoms with E-state index in [9.17, 15) is 4.39 Å². The molecular weight excluding hydrogens is 361 g/mol. The van der Waals surface area contributed by atoms with Crippen LogP contribution in [0.3, 0.4) is 0 Å². The summed E-state index contributed by atoms with van der Waals surface area (Å²) >= 11 is 0. The molecular formula is C20H20FN5O2. The van der Waals surface area contributed by atoms with E-state index in [1.807, 2.05) is 25.2 Å². The minimum Gasteiger partial charge on any atom is -0.423 e. The van der Waals surface area contributed by atoms with Gasteiger partial charge in [0.1, 0.15) is 17.0 Å². The summed E-state index contributed by atoms with van der Waals surface area (Å²) in [4.78, 5) is 10.9. The number of nitrogens with one attached hydrogen (secondary N) is 1. The van der Waals surface area contributed by atoms with E-state index in [0.29, 0.717) is 24.7 Å². The molecule has 0 amide bonds. The quantitative estimate of drug-likeness (QED) is 0.566. The number of oxazole rings is 1. The number of pyridine rings is 1. The van der Waals surface area contributed by atoms with Crippen molar-refractivity contribution >= 4 is 33.8 Å². The van der Waals surface area contributed by atoms with E-state index in [1.165, 1.54) is 11.9 Å². The molecule has 1 aliphatic rings. The molecule has 0 fully saturated rings. The number of hydrogen-bond donors (Lipinski definition) is 2. The lowest BCUT2D eigenvalue weighted by Gasteiger charge is -2.29. The smallest absolute Gasteiger partial charge is 0.295 e.